The predicted octanol–water partition coefficient (Wildman–Crippen LogP) is 3.91. The number of aryl methyl sites for hydroxylation is 1. The first-order valence-electron chi connectivity index (χ1n) is 6.57. The molecule has 1 aliphatic carbocycles. The summed E-state index contributed by atoms with van der Waals surface area (Å²) in [7, 11) is 0. The fraction of sp³-hybridized carbons (Fsp3) is 0.312. The van der Waals surface area contributed by atoms with Gasteiger partial charge in [0, 0.05) is 11.8 Å². The second kappa shape index (κ2) is 4.45. The Morgan fingerprint density at radius 3 is 2.78 bits per heavy atom. The van der Waals surface area contributed by atoms with Crippen LogP contribution < -0.4 is 5.73 Å². The summed E-state index contributed by atoms with van der Waals surface area (Å²) >= 11 is 0. The molecular formula is C16H18N2. The molecule has 3 rings (SSSR count). The molecule has 1 aromatic heterocycles. The molecule has 0 bridgehead atoms. The number of nitrogen functional groups attached to an aromatic ring is 1. The standard InChI is InChI=1S/C16H18N2/c1-11-8-9-18-16(15(11)17)14-7-3-6-13(10-14)12-4-2-5-12/h3,6-10,12H,2,4-5,17H2,1H3. The predicted molar refractivity (Wildman–Crippen MR) is 75.4 cm³/mol. The fourth-order valence-electron chi connectivity index (χ4n) is 2.48. The van der Waals surface area contributed by atoms with Crippen molar-refractivity contribution in [1.82, 2.24) is 4.98 Å². The van der Waals surface area contributed by atoms with Crippen LogP contribution in [0.2, 0.25) is 0 Å². The monoisotopic (exact) mass is 238 g/mol. The average Bonchev–Trinajstić information content (AvgIpc) is 2.31. The largest absolute Gasteiger partial charge is 0.397 e. The Bertz CT molecular complexity index is 571. The quantitative estimate of drug-likeness (QED) is 0.861. The summed E-state index contributed by atoms with van der Waals surface area (Å²) in [6, 6.07) is 10.6. The topological polar surface area (TPSA) is 38.9 Å². The Morgan fingerprint density at radius 2 is 2.06 bits per heavy atom. The molecule has 1 saturated carbocycles. The molecule has 0 aliphatic heterocycles. The summed E-state index contributed by atoms with van der Waals surface area (Å²) in [4.78, 5) is 4.43. The molecule has 0 unspecified atom stereocenters. The summed E-state index contributed by atoms with van der Waals surface area (Å²) in [6.07, 6.45) is 5.83. The van der Waals surface area contributed by atoms with E-state index in [-0.39, 0.29) is 0 Å². The molecule has 2 heteroatoms. The van der Waals surface area contributed by atoms with Crippen LogP contribution in [0.4, 0.5) is 5.69 Å². The number of nitrogens with two attached hydrogens (primary N) is 1. The van der Waals surface area contributed by atoms with Crippen molar-refractivity contribution in [2.24, 2.45) is 0 Å². The number of hydrogen-bond donors (Lipinski definition) is 1. The lowest BCUT2D eigenvalue weighted by Crippen LogP contribution is -2.08. The van der Waals surface area contributed by atoms with Crippen molar-refractivity contribution in [1.29, 1.82) is 0 Å². The average molecular weight is 238 g/mol. The zero-order chi connectivity index (χ0) is 12.5. The van der Waals surface area contributed by atoms with Crippen molar-refractivity contribution in [2.75, 3.05) is 5.73 Å². The highest BCUT2D eigenvalue weighted by molar-refractivity contribution is 5.75. The Hall–Kier alpha value is -1.83. The number of aromatic nitrogens is 1. The first-order chi connectivity index (χ1) is 8.75. The fourth-order valence-corrected chi connectivity index (χ4v) is 2.48. The first-order valence-corrected chi connectivity index (χ1v) is 6.57. The van der Waals surface area contributed by atoms with Gasteiger partial charge in [-0.3, -0.25) is 4.98 Å². The van der Waals surface area contributed by atoms with E-state index in [0.29, 0.717) is 0 Å². The van der Waals surface area contributed by atoms with Gasteiger partial charge < -0.3 is 5.73 Å². The highest BCUT2D eigenvalue weighted by Gasteiger charge is 2.19. The van der Waals surface area contributed by atoms with Crippen LogP contribution in [-0.4, -0.2) is 4.98 Å². The summed E-state index contributed by atoms with van der Waals surface area (Å²) < 4.78 is 0. The van der Waals surface area contributed by atoms with E-state index in [0.717, 1.165) is 28.4 Å². The van der Waals surface area contributed by atoms with Gasteiger partial charge in [0.05, 0.1) is 11.4 Å². The molecule has 2 N–H and O–H groups in total. The zero-order valence-electron chi connectivity index (χ0n) is 10.7. The van der Waals surface area contributed by atoms with Crippen LogP contribution in [0, 0.1) is 6.92 Å². The zero-order valence-corrected chi connectivity index (χ0v) is 10.7. The smallest absolute Gasteiger partial charge is 0.0933 e. The van der Waals surface area contributed by atoms with Crippen LogP contribution in [0.5, 0.6) is 0 Å². The molecule has 1 aliphatic rings. The van der Waals surface area contributed by atoms with E-state index in [1.807, 2.05) is 19.2 Å². The van der Waals surface area contributed by atoms with Gasteiger partial charge in [-0.25, -0.2) is 0 Å². The Morgan fingerprint density at radius 1 is 1.22 bits per heavy atom. The van der Waals surface area contributed by atoms with Crippen molar-refractivity contribution in [2.45, 2.75) is 32.1 Å². The van der Waals surface area contributed by atoms with Gasteiger partial charge in [0.15, 0.2) is 0 Å². The van der Waals surface area contributed by atoms with Crippen LogP contribution in [0.3, 0.4) is 0 Å². The normalized spacial score (nSPS) is 15.4. The minimum atomic E-state index is 0.746. The van der Waals surface area contributed by atoms with E-state index < -0.39 is 0 Å². The van der Waals surface area contributed by atoms with Crippen LogP contribution in [0.1, 0.15) is 36.3 Å². The minimum absolute atomic E-state index is 0.746. The maximum absolute atomic E-state index is 6.12. The molecular weight excluding hydrogens is 220 g/mol. The molecule has 2 aromatic rings. The van der Waals surface area contributed by atoms with Gasteiger partial charge in [-0.15, -0.1) is 0 Å². The Labute approximate surface area is 108 Å². The van der Waals surface area contributed by atoms with Gasteiger partial charge in [-0.05, 0) is 48.9 Å². The summed E-state index contributed by atoms with van der Waals surface area (Å²) in [5, 5.41) is 0. The maximum Gasteiger partial charge on any atom is 0.0933 e. The highest BCUT2D eigenvalue weighted by atomic mass is 14.7. The van der Waals surface area contributed by atoms with E-state index in [2.05, 4.69) is 29.2 Å². The maximum atomic E-state index is 6.12. The van der Waals surface area contributed by atoms with E-state index >= 15 is 0 Å². The summed E-state index contributed by atoms with van der Waals surface area (Å²) in [5.41, 5.74) is 11.5. The SMILES string of the molecule is Cc1ccnc(-c2cccc(C3CCC3)c2)c1N. The third-order valence-electron chi connectivity index (χ3n) is 3.94. The number of benzene rings is 1. The van der Waals surface area contributed by atoms with Crippen molar-refractivity contribution in [3.8, 4) is 11.3 Å². The van der Waals surface area contributed by atoms with E-state index in [9.17, 15) is 0 Å². The lowest BCUT2D eigenvalue weighted by molar-refractivity contribution is 0.420. The second-order valence-corrected chi connectivity index (χ2v) is 5.14. The molecule has 0 amide bonds. The lowest BCUT2D eigenvalue weighted by atomic mass is 9.79. The van der Waals surface area contributed by atoms with Gasteiger partial charge >= 0.3 is 0 Å². The molecule has 0 atom stereocenters. The third-order valence-corrected chi connectivity index (χ3v) is 3.94. The first kappa shape index (κ1) is 11.3. The van der Waals surface area contributed by atoms with Gasteiger partial charge in [0.2, 0.25) is 0 Å². The second-order valence-electron chi connectivity index (χ2n) is 5.14. The van der Waals surface area contributed by atoms with Crippen LogP contribution >= 0.6 is 0 Å². The van der Waals surface area contributed by atoms with E-state index in [1.54, 1.807) is 0 Å². The Kier molecular flexibility index (Phi) is 2.78. The van der Waals surface area contributed by atoms with Gasteiger partial charge in [-0.2, -0.15) is 0 Å². The van der Waals surface area contributed by atoms with Crippen LogP contribution in [-0.2, 0) is 0 Å². The van der Waals surface area contributed by atoms with Gasteiger partial charge in [-0.1, -0.05) is 24.6 Å². The molecule has 1 aromatic carbocycles. The molecule has 1 heterocycles. The van der Waals surface area contributed by atoms with Crippen LogP contribution in [0.15, 0.2) is 36.5 Å². The summed E-state index contributed by atoms with van der Waals surface area (Å²) in [6.45, 7) is 2.02. The highest BCUT2D eigenvalue weighted by Crippen LogP contribution is 2.38. The Balaban J connectivity index is 2.03. The van der Waals surface area contributed by atoms with Crippen molar-refractivity contribution >= 4 is 5.69 Å². The van der Waals surface area contributed by atoms with Crippen molar-refractivity contribution < 1.29 is 0 Å². The molecule has 18 heavy (non-hydrogen) atoms. The molecule has 92 valence electrons. The number of anilines is 1. The number of hydrogen-bond acceptors (Lipinski definition) is 2. The molecule has 0 saturated heterocycles. The number of rotatable bonds is 2. The van der Waals surface area contributed by atoms with Gasteiger partial charge in [0.1, 0.15) is 0 Å². The number of pyridine rings is 1. The van der Waals surface area contributed by atoms with Gasteiger partial charge in [0.25, 0.3) is 0 Å². The molecule has 0 radical (unpaired) electrons. The third kappa shape index (κ3) is 1.88. The van der Waals surface area contributed by atoms with Crippen LogP contribution in [0.25, 0.3) is 11.3 Å². The van der Waals surface area contributed by atoms with E-state index in [1.165, 1.54) is 24.8 Å². The van der Waals surface area contributed by atoms with Crippen molar-refractivity contribution in [3.05, 3.63) is 47.7 Å². The lowest BCUT2D eigenvalue weighted by Gasteiger charge is -2.26. The number of nitrogens with zero attached hydrogens (tertiary/aromatic N) is 1. The van der Waals surface area contributed by atoms with E-state index in [4.69, 9.17) is 5.73 Å². The minimum Gasteiger partial charge on any atom is -0.397 e. The van der Waals surface area contributed by atoms with Crippen molar-refractivity contribution in [3.63, 3.8) is 0 Å². The molecule has 0 spiro atoms. The summed E-state index contributed by atoms with van der Waals surface area (Å²) in [5.74, 6) is 0.746. The molecule has 1 fully saturated rings. The molecule has 2 nitrogen and oxygen atoms in total.